The van der Waals surface area contributed by atoms with Crippen molar-refractivity contribution in [2.75, 3.05) is 6.54 Å². The molecule has 26 heavy (non-hydrogen) atoms. The van der Waals surface area contributed by atoms with Crippen LogP contribution in [0.5, 0.6) is 0 Å². The van der Waals surface area contributed by atoms with Gasteiger partial charge in [-0.15, -0.1) is 0 Å². The first-order valence-corrected chi connectivity index (χ1v) is 11.2. The molecule has 0 unspecified atom stereocenters. The molecule has 0 N–H and O–H groups in total. The zero-order valence-corrected chi connectivity index (χ0v) is 16.6. The largest absolute Gasteiger partial charge is 0.273 e. The molecule has 3 aliphatic carbocycles. The molecule has 1 aliphatic heterocycles. The van der Waals surface area contributed by atoms with E-state index in [-0.39, 0.29) is 10.8 Å². The molecular formula is C22H27NO2S. The average Bonchev–Trinajstić information content (AvgIpc) is 3.50. The third-order valence-electron chi connectivity index (χ3n) is 7.68. The van der Waals surface area contributed by atoms with Gasteiger partial charge in [-0.05, 0) is 70.4 Å². The molecule has 4 aliphatic rings. The fourth-order valence-corrected chi connectivity index (χ4v) is 7.38. The SMILES string of the molecule is CC1=C(C)C[C@@]23CN(S(=O)(=O)c4ccc(C)cc4)C=C[C@]2(C2CC2)[C@H]3C1. The van der Waals surface area contributed by atoms with Gasteiger partial charge < -0.3 is 0 Å². The van der Waals surface area contributed by atoms with Crippen molar-refractivity contribution in [2.45, 2.75) is 51.3 Å². The Hall–Kier alpha value is -1.55. The average molecular weight is 370 g/mol. The van der Waals surface area contributed by atoms with Gasteiger partial charge in [0.1, 0.15) is 0 Å². The maximum atomic E-state index is 13.2. The molecule has 2 fully saturated rings. The predicted molar refractivity (Wildman–Crippen MR) is 103 cm³/mol. The van der Waals surface area contributed by atoms with Gasteiger partial charge in [0.05, 0.1) is 4.90 Å². The summed E-state index contributed by atoms with van der Waals surface area (Å²) in [6.07, 6.45) is 9.00. The van der Waals surface area contributed by atoms with E-state index in [0.717, 1.165) is 24.3 Å². The number of allylic oxidation sites excluding steroid dienone is 3. The van der Waals surface area contributed by atoms with Gasteiger partial charge in [-0.2, -0.15) is 0 Å². The van der Waals surface area contributed by atoms with E-state index < -0.39 is 10.0 Å². The third kappa shape index (κ3) is 1.97. The Morgan fingerprint density at radius 2 is 1.73 bits per heavy atom. The summed E-state index contributed by atoms with van der Waals surface area (Å²) in [5.41, 5.74) is 4.47. The van der Waals surface area contributed by atoms with E-state index in [0.29, 0.717) is 17.4 Å². The maximum absolute atomic E-state index is 13.2. The number of aryl methyl sites for hydroxylation is 1. The summed E-state index contributed by atoms with van der Waals surface area (Å²) in [7, 11) is -3.47. The smallest absolute Gasteiger partial charge is 0.263 e. The zero-order valence-electron chi connectivity index (χ0n) is 15.8. The highest BCUT2D eigenvalue weighted by atomic mass is 32.2. The van der Waals surface area contributed by atoms with Gasteiger partial charge in [-0.25, -0.2) is 8.42 Å². The van der Waals surface area contributed by atoms with Gasteiger partial charge in [0.15, 0.2) is 0 Å². The highest BCUT2D eigenvalue weighted by molar-refractivity contribution is 7.89. The van der Waals surface area contributed by atoms with Crippen LogP contribution in [0.2, 0.25) is 0 Å². The van der Waals surface area contributed by atoms with Crippen molar-refractivity contribution in [3.05, 3.63) is 53.3 Å². The normalized spacial score (nSPS) is 36.0. The van der Waals surface area contributed by atoms with E-state index in [1.54, 1.807) is 16.4 Å². The molecule has 138 valence electrons. The summed E-state index contributed by atoms with van der Waals surface area (Å²) in [6, 6.07) is 7.23. The quantitative estimate of drug-likeness (QED) is 0.727. The lowest BCUT2D eigenvalue weighted by Gasteiger charge is -2.35. The molecule has 3 atom stereocenters. The number of fused-ring (bicyclic) bond motifs is 1. The second kappa shape index (κ2) is 5.03. The van der Waals surface area contributed by atoms with E-state index in [1.807, 2.05) is 25.3 Å². The summed E-state index contributed by atoms with van der Waals surface area (Å²) in [5.74, 6) is 1.40. The number of benzene rings is 1. The van der Waals surface area contributed by atoms with E-state index in [4.69, 9.17) is 0 Å². The van der Waals surface area contributed by atoms with Gasteiger partial charge >= 0.3 is 0 Å². The lowest BCUT2D eigenvalue weighted by atomic mass is 9.80. The van der Waals surface area contributed by atoms with Gasteiger partial charge in [0.25, 0.3) is 10.0 Å². The molecule has 0 bridgehead atoms. The number of hydrogen-bond donors (Lipinski definition) is 0. The van der Waals surface area contributed by atoms with Gasteiger partial charge in [0.2, 0.25) is 0 Å². The summed E-state index contributed by atoms with van der Waals surface area (Å²) in [6.45, 7) is 7.13. The molecule has 3 nitrogen and oxygen atoms in total. The monoisotopic (exact) mass is 369 g/mol. The van der Waals surface area contributed by atoms with Gasteiger partial charge in [0, 0.05) is 23.6 Å². The van der Waals surface area contributed by atoms with Gasteiger partial charge in [-0.1, -0.05) is 34.9 Å². The van der Waals surface area contributed by atoms with Crippen molar-refractivity contribution in [3.63, 3.8) is 0 Å². The van der Waals surface area contributed by atoms with Crippen molar-refractivity contribution >= 4 is 10.0 Å². The highest BCUT2D eigenvalue weighted by Crippen LogP contribution is 2.83. The fourth-order valence-electron chi connectivity index (χ4n) is 6.01. The van der Waals surface area contributed by atoms with Crippen LogP contribution in [-0.4, -0.2) is 19.3 Å². The Morgan fingerprint density at radius 1 is 1.04 bits per heavy atom. The maximum Gasteiger partial charge on any atom is 0.263 e. The zero-order chi connectivity index (χ0) is 18.3. The first-order valence-electron chi connectivity index (χ1n) is 9.74. The minimum Gasteiger partial charge on any atom is -0.273 e. The lowest BCUT2D eigenvalue weighted by molar-refractivity contribution is 0.274. The van der Waals surface area contributed by atoms with Crippen molar-refractivity contribution in [3.8, 4) is 0 Å². The topological polar surface area (TPSA) is 37.4 Å². The van der Waals surface area contributed by atoms with Crippen molar-refractivity contribution in [1.29, 1.82) is 0 Å². The van der Waals surface area contributed by atoms with Crippen LogP contribution in [0, 0.1) is 29.6 Å². The summed E-state index contributed by atoms with van der Waals surface area (Å²) >= 11 is 0. The van der Waals surface area contributed by atoms with E-state index in [1.165, 1.54) is 24.0 Å². The molecule has 1 aromatic rings. The van der Waals surface area contributed by atoms with Crippen LogP contribution in [0.4, 0.5) is 0 Å². The molecule has 5 rings (SSSR count). The van der Waals surface area contributed by atoms with Crippen molar-refractivity contribution in [1.82, 2.24) is 4.31 Å². The van der Waals surface area contributed by atoms with Gasteiger partial charge in [-0.3, -0.25) is 4.31 Å². The number of sulfonamides is 1. The molecule has 0 amide bonds. The molecule has 1 heterocycles. The Kier molecular flexibility index (Phi) is 3.22. The van der Waals surface area contributed by atoms with E-state index in [2.05, 4.69) is 19.9 Å². The summed E-state index contributed by atoms with van der Waals surface area (Å²) in [5, 5.41) is 0. The van der Waals surface area contributed by atoms with Crippen molar-refractivity contribution < 1.29 is 8.42 Å². The van der Waals surface area contributed by atoms with Crippen LogP contribution in [0.15, 0.2) is 52.6 Å². The lowest BCUT2D eigenvalue weighted by Crippen LogP contribution is -2.38. The Balaban J connectivity index is 1.53. The third-order valence-corrected chi connectivity index (χ3v) is 9.41. The van der Waals surface area contributed by atoms with Crippen LogP contribution < -0.4 is 0 Å². The van der Waals surface area contributed by atoms with Crippen LogP contribution in [-0.2, 0) is 10.0 Å². The number of rotatable bonds is 3. The summed E-state index contributed by atoms with van der Waals surface area (Å²) < 4.78 is 28.1. The number of nitrogens with zero attached hydrogens (tertiary/aromatic N) is 1. The first-order chi connectivity index (χ1) is 12.3. The summed E-state index contributed by atoms with van der Waals surface area (Å²) in [4.78, 5) is 0.402. The number of hydrogen-bond acceptors (Lipinski definition) is 2. The first kappa shape index (κ1) is 16.6. The van der Waals surface area contributed by atoms with E-state index >= 15 is 0 Å². The van der Waals surface area contributed by atoms with Crippen LogP contribution in [0.1, 0.15) is 45.1 Å². The Bertz CT molecular complexity index is 939. The standard InChI is InChI=1S/C22H27NO2S/c1-15-4-8-19(9-5-15)26(24,25)23-11-10-22(18-6-7-18)20-12-16(2)17(3)13-21(20,22)14-23/h4-5,8-11,18,20H,6-7,12-14H2,1-3H3/t20-,21-,22-/m0/s1. The predicted octanol–water partition coefficient (Wildman–Crippen LogP) is 4.66. The molecular weight excluding hydrogens is 342 g/mol. The minimum absolute atomic E-state index is 0.129. The van der Waals surface area contributed by atoms with Crippen LogP contribution >= 0.6 is 0 Å². The molecule has 0 aromatic heterocycles. The second-order valence-corrected chi connectivity index (χ2v) is 10.9. The minimum atomic E-state index is -3.47. The fraction of sp³-hybridized carbons (Fsp3) is 0.545. The molecule has 0 radical (unpaired) electrons. The van der Waals surface area contributed by atoms with E-state index in [9.17, 15) is 8.42 Å². The molecule has 2 saturated carbocycles. The molecule has 4 heteroatoms. The molecule has 0 saturated heterocycles. The van der Waals surface area contributed by atoms with Crippen LogP contribution in [0.25, 0.3) is 0 Å². The highest BCUT2D eigenvalue weighted by Gasteiger charge is 2.80. The molecule has 1 spiro atoms. The Labute approximate surface area is 156 Å². The van der Waals surface area contributed by atoms with Crippen molar-refractivity contribution in [2.24, 2.45) is 22.7 Å². The Morgan fingerprint density at radius 3 is 2.38 bits per heavy atom. The van der Waals surface area contributed by atoms with Crippen LogP contribution in [0.3, 0.4) is 0 Å². The second-order valence-electron chi connectivity index (χ2n) is 9.04. The molecule has 1 aromatic carbocycles.